The summed E-state index contributed by atoms with van der Waals surface area (Å²) in [6, 6.07) is 7.94. The number of thioether (sulfide) groups is 1. The molecule has 0 spiro atoms. The fourth-order valence-electron chi connectivity index (χ4n) is 3.13. The Morgan fingerprint density at radius 3 is 2.88 bits per heavy atom. The number of imidazole rings is 1. The molecule has 1 amide bonds. The first-order chi connectivity index (χ1) is 12.0. The van der Waals surface area contributed by atoms with Crippen LogP contribution in [-0.2, 0) is 4.79 Å². The Balaban J connectivity index is 1.68. The topological polar surface area (TPSA) is 90.8 Å². The number of nitrogens with one attached hydrogen (secondary N) is 2. The molecule has 0 unspecified atom stereocenters. The summed E-state index contributed by atoms with van der Waals surface area (Å²) in [6.45, 7) is 1.83. The molecule has 7 heteroatoms. The van der Waals surface area contributed by atoms with E-state index in [0.29, 0.717) is 5.16 Å². The van der Waals surface area contributed by atoms with Crippen LogP contribution in [0.2, 0.25) is 0 Å². The number of H-pyrrole nitrogens is 1. The highest BCUT2D eigenvalue weighted by Crippen LogP contribution is 2.29. The van der Waals surface area contributed by atoms with Crippen LogP contribution in [0.5, 0.6) is 5.75 Å². The normalized spacial score (nSPS) is 17.6. The molecule has 1 aliphatic rings. The molecule has 132 valence electrons. The van der Waals surface area contributed by atoms with Crippen molar-refractivity contribution < 1.29 is 9.53 Å². The van der Waals surface area contributed by atoms with Crippen molar-refractivity contribution in [1.82, 2.24) is 15.3 Å². The Bertz CT molecular complexity index is 805. The van der Waals surface area contributed by atoms with E-state index in [2.05, 4.69) is 21.4 Å². The van der Waals surface area contributed by atoms with Crippen LogP contribution in [0.4, 0.5) is 0 Å². The zero-order valence-electron chi connectivity index (χ0n) is 14.5. The number of methoxy groups -OCH3 is 1. The highest BCUT2D eigenvalue weighted by Gasteiger charge is 2.35. The van der Waals surface area contributed by atoms with Crippen LogP contribution in [0.1, 0.15) is 39.0 Å². The number of benzene rings is 1. The minimum atomic E-state index is -0.703. The van der Waals surface area contributed by atoms with E-state index >= 15 is 0 Å². The number of carbonyl (C=O) groups excluding carboxylic acids is 1. The number of hydrogen-bond donors (Lipinski definition) is 2. The maximum absolute atomic E-state index is 12.6. The van der Waals surface area contributed by atoms with E-state index in [9.17, 15) is 10.1 Å². The number of carbonyl (C=O) groups is 1. The summed E-state index contributed by atoms with van der Waals surface area (Å²) in [5, 5.41) is 12.8. The molecule has 1 heterocycles. The molecule has 2 N–H and O–H groups in total. The Labute approximate surface area is 151 Å². The number of aromatic nitrogens is 2. The predicted molar refractivity (Wildman–Crippen MR) is 97.5 cm³/mol. The van der Waals surface area contributed by atoms with Crippen LogP contribution < -0.4 is 10.1 Å². The monoisotopic (exact) mass is 358 g/mol. The van der Waals surface area contributed by atoms with E-state index in [1.54, 1.807) is 7.11 Å². The SMILES string of the molecule is COc1ccc2nc(S[C@@H](C)C(=O)NC3(C#N)CCCCC3)[nH]c2c1. The van der Waals surface area contributed by atoms with Gasteiger partial charge >= 0.3 is 0 Å². The maximum atomic E-state index is 12.6. The van der Waals surface area contributed by atoms with Crippen LogP contribution in [0, 0.1) is 11.3 Å². The first-order valence-electron chi connectivity index (χ1n) is 8.49. The van der Waals surface area contributed by atoms with Gasteiger partial charge in [0.1, 0.15) is 11.3 Å². The van der Waals surface area contributed by atoms with Gasteiger partial charge in [0.15, 0.2) is 5.16 Å². The summed E-state index contributed by atoms with van der Waals surface area (Å²) in [6.07, 6.45) is 4.57. The third-order valence-corrected chi connectivity index (χ3v) is 5.59. The first kappa shape index (κ1) is 17.6. The first-order valence-corrected chi connectivity index (χ1v) is 9.37. The number of nitriles is 1. The summed E-state index contributed by atoms with van der Waals surface area (Å²) in [5.41, 5.74) is 0.998. The van der Waals surface area contributed by atoms with Gasteiger partial charge in [0, 0.05) is 6.07 Å². The van der Waals surface area contributed by atoms with Gasteiger partial charge in [-0.3, -0.25) is 4.79 Å². The summed E-state index contributed by atoms with van der Waals surface area (Å²) >= 11 is 1.36. The van der Waals surface area contributed by atoms with Gasteiger partial charge in [0.2, 0.25) is 5.91 Å². The second kappa shape index (κ2) is 7.36. The number of rotatable bonds is 5. The number of aromatic amines is 1. The van der Waals surface area contributed by atoms with E-state index in [0.717, 1.165) is 48.9 Å². The van der Waals surface area contributed by atoms with Crippen molar-refractivity contribution >= 4 is 28.7 Å². The fourth-order valence-corrected chi connectivity index (χ4v) is 3.95. The smallest absolute Gasteiger partial charge is 0.234 e. The fraction of sp³-hybridized carbons (Fsp3) is 0.500. The zero-order valence-corrected chi connectivity index (χ0v) is 15.3. The second-order valence-electron chi connectivity index (χ2n) is 6.43. The molecule has 0 bridgehead atoms. The van der Waals surface area contributed by atoms with E-state index in [-0.39, 0.29) is 11.2 Å². The van der Waals surface area contributed by atoms with Crippen molar-refractivity contribution in [1.29, 1.82) is 5.26 Å². The predicted octanol–water partition coefficient (Wildman–Crippen LogP) is 3.39. The molecule has 6 nitrogen and oxygen atoms in total. The highest BCUT2D eigenvalue weighted by molar-refractivity contribution is 8.00. The third kappa shape index (κ3) is 3.90. The number of ether oxygens (including phenoxy) is 1. The van der Waals surface area contributed by atoms with E-state index in [1.165, 1.54) is 11.8 Å². The molecule has 1 aromatic heterocycles. The molecular formula is C18H22N4O2S. The average Bonchev–Trinajstić information content (AvgIpc) is 3.03. The Morgan fingerprint density at radius 2 is 2.20 bits per heavy atom. The quantitative estimate of drug-likeness (QED) is 0.800. The van der Waals surface area contributed by atoms with Crippen molar-refractivity contribution in [2.24, 2.45) is 0 Å². The van der Waals surface area contributed by atoms with E-state index in [4.69, 9.17) is 4.74 Å². The van der Waals surface area contributed by atoms with Crippen LogP contribution in [0.25, 0.3) is 11.0 Å². The van der Waals surface area contributed by atoms with Gasteiger partial charge in [-0.15, -0.1) is 0 Å². The lowest BCUT2D eigenvalue weighted by Crippen LogP contribution is -2.50. The molecule has 3 rings (SSSR count). The van der Waals surface area contributed by atoms with Crippen molar-refractivity contribution in [3.05, 3.63) is 18.2 Å². The minimum absolute atomic E-state index is 0.119. The molecule has 0 radical (unpaired) electrons. The lowest BCUT2D eigenvalue weighted by molar-refractivity contribution is -0.121. The molecule has 0 saturated heterocycles. The second-order valence-corrected chi connectivity index (χ2v) is 7.76. The lowest BCUT2D eigenvalue weighted by Gasteiger charge is -2.32. The summed E-state index contributed by atoms with van der Waals surface area (Å²) in [4.78, 5) is 20.3. The highest BCUT2D eigenvalue weighted by atomic mass is 32.2. The van der Waals surface area contributed by atoms with Gasteiger partial charge < -0.3 is 15.0 Å². The van der Waals surface area contributed by atoms with Gasteiger partial charge in [-0.1, -0.05) is 31.0 Å². The van der Waals surface area contributed by atoms with Crippen molar-refractivity contribution in [3.63, 3.8) is 0 Å². The minimum Gasteiger partial charge on any atom is -0.497 e. The van der Waals surface area contributed by atoms with Crippen molar-refractivity contribution in [2.45, 2.75) is 55.0 Å². The lowest BCUT2D eigenvalue weighted by atomic mass is 9.83. The van der Waals surface area contributed by atoms with Gasteiger partial charge in [-0.05, 0) is 31.9 Å². The van der Waals surface area contributed by atoms with Crippen LogP contribution in [0.15, 0.2) is 23.4 Å². The number of fused-ring (bicyclic) bond motifs is 1. The molecule has 1 atom stereocenters. The summed E-state index contributed by atoms with van der Waals surface area (Å²) in [7, 11) is 1.62. The molecule has 1 aromatic carbocycles. The zero-order chi connectivity index (χ0) is 17.9. The Kier molecular flexibility index (Phi) is 5.19. The average molecular weight is 358 g/mol. The van der Waals surface area contributed by atoms with E-state index in [1.807, 2.05) is 25.1 Å². The largest absolute Gasteiger partial charge is 0.497 e. The number of nitrogens with zero attached hydrogens (tertiary/aromatic N) is 2. The molecule has 25 heavy (non-hydrogen) atoms. The van der Waals surface area contributed by atoms with Crippen molar-refractivity contribution in [3.8, 4) is 11.8 Å². The summed E-state index contributed by atoms with van der Waals surface area (Å²) < 4.78 is 5.21. The molecular weight excluding hydrogens is 336 g/mol. The molecule has 2 aromatic rings. The molecule has 1 saturated carbocycles. The number of amides is 1. The van der Waals surface area contributed by atoms with Gasteiger partial charge in [-0.25, -0.2) is 4.98 Å². The van der Waals surface area contributed by atoms with Crippen LogP contribution in [-0.4, -0.2) is 33.8 Å². The van der Waals surface area contributed by atoms with Gasteiger partial charge in [0.05, 0.1) is 29.5 Å². The van der Waals surface area contributed by atoms with Gasteiger partial charge in [-0.2, -0.15) is 5.26 Å². The van der Waals surface area contributed by atoms with Crippen LogP contribution in [0.3, 0.4) is 0 Å². The van der Waals surface area contributed by atoms with Gasteiger partial charge in [0.25, 0.3) is 0 Å². The number of hydrogen-bond acceptors (Lipinski definition) is 5. The standard InChI is InChI=1S/C18H22N4O2S/c1-12(16(23)22-18(11-19)8-4-3-5-9-18)25-17-20-14-7-6-13(24-2)10-15(14)21-17/h6-7,10,12H,3-5,8-9H2,1-2H3,(H,20,21)(H,22,23)/t12-/m0/s1. The van der Waals surface area contributed by atoms with Crippen LogP contribution >= 0.6 is 11.8 Å². The molecule has 1 fully saturated rings. The third-order valence-electron chi connectivity index (χ3n) is 4.61. The molecule has 0 aliphatic heterocycles. The maximum Gasteiger partial charge on any atom is 0.234 e. The van der Waals surface area contributed by atoms with E-state index < -0.39 is 5.54 Å². The van der Waals surface area contributed by atoms with Crippen molar-refractivity contribution in [2.75, 3.05) is 7.11 Å². The summed E-state index contributed by atoms with van der Waals surface area (Å²) in [5.74, 6) is 0.637. The Morgan fingerprint density at radius 1 is 1.44 bits per heavy atom. The molecule has 1 aliphatic carbocycles. The Hall–Kier alpha value is -2.20.